The maximum absolute atomic E-state index is 11.8. The van der Waals surface area contributed by atoms with Crippen LogP contribution in [0.5, 0.6) is 5.75 Å². The van der Waals surface area contributed by atoms with Crippen molar-refractivity contribution in [2.75, 3.05) is 12.9 Å². The highest BCUT2D eigenvalue weighted by molar-refractivity contribution is 7.99. The van der Waals surface area contributed by atoms with Crippen molar-refractivity contribution in [3.63, 3.8) is 0 Å². The number of hydrogen-bond donors (Lipinski definition) is 1. The number of thioether (sulfide) groups is 1. The van der Waals surface area contributed by atoms with Gasteiger partial charge in [-0.2, -0.15) is 0 Å². The van der Waals surface area contributed by atoms with Gasteiger partial charge in [-0.1, -0.05) is 19.3 Å². The number of carbonyl (C=O) groups excluding carboxylic acids is 1. The van der Waals surface area contributed by atoms with Crippen molar-refractivity contribution in [1.29, 1.82) is 0 Å². The topological polar surface area (TPSA) is 52.3 Å². The number of nitrogens with two attached hydrogens (primary N) is 1. The lowest BCUT2D eigenvalue weighted by atomic mass is 9.75. The third-order valence-corrected chi connectivity index (χ3v) is 5.21. The molecule has 0 aliphatic heterocycles. The summed E-state index contributed by atoms with van der Waals surface area (Å²) in [7, 11) is 1.66. The summed E-state index contributed by atoms with van der Waals surface area (Å²) in [4.78, 5) is 12.9. The van der Waals surface area contributed by atoms with Crippen molar-refractivity contribution >= 4 is 17.7 Å². The summed E-state index contributed by atoms with van der Waals surface area (Å²) in [5, 5.41) is 0. The second-order valence-electron chi connectivity index (χ2n) is 5.17. The zero-order valence-corrected chi connectivity index (χ0v) is 12.2. The fraction of sp³-hybridized carbons (Fsp3) is 0.533. The van der Waals surface area contributed by atoms with Gasteiger partial charge < -0.3 is 10.5 Å². The van der Waals surface area contributed by atoms with Crippen molar-refractivity contribution in [2.45, 2.75) is 37.0 Å². The lowest BCUT2D eigenvalue weighted by Gasteiger charge is -2.33. The van der Waals surface area contributed by atoms with E-state index >= 15 is 0 Å². The van der Waals surface area contributed by atoms with Crippen molar-refractivity contribution < 1.29 is 9.53 Å². The van der Waals surface area contributed by atoms with Gasteiger partial charge in [0.2, 0.25) is 5.91 Å². The Morgan fingerprint density at radius 3 is 2.42 bits per heavy atom. The second-order valence-corrected chi connectivity index (χ2v) is 6.22. The molecule has 0 spiro atoms. The zero-order chi connectivity index (χ0) is 13.7. The number of primary amides is 1. The summed E-state index contributed by atoms with van der Waals surface area (Å²) < 4.78 is 5.14. The SMILES string of the molecule is COc1ccc(SCC2(C(N)=O)CCCCC2)cc1. The molecule has 0 atom stereocenters. The number of carbonyl (C=O) groups is 1. The molecule has 104 valence electrons. The summed E-state index contributed by atoms with van der Waals surface area (Å²) in [5.74, 6) is 1.51. The average Bonchev–Trinajstić information content (AvgIpc) is 2.46. The molecule has 1 aromatic rings. The van der Waals surface area contributed by atoms with Gasteiger partial charge in [-0.3, -0.25) is 4.79 Å². The van der Waals surface area contributed by atoms with E-state index in [2.05, 4.69) is 0 Å². The van der Waals surface area contributed by atoms with Gasteiger partial charge in [0, 0.05) is 10.6 Å². The Bertz CT molecular complexity index is 424. The number of hydrogen-bond acceptors (Lipinski definition) is 3. The molecule has 0 aromatic heterocycles. The smallest absolute Gasteiger partial charge is 0.224 e. The minimum atomic E-state index is -0.303. The second kappa shape index (κ2) is 6.33. The molecule has 0 bridgehead atoms. The summed E-state index contributed by atoms with van der Waals surface area (Å²) in [5.41, 5.74) is 5.34. The summed E-state index contributed by atoms with van der Waals surface area (Å²) >= 11 is 1.72. The largest absolute Gasteiger partial charge is 0.497 e. The Kier molecular flexibility index (Phi) is 4.75. The normalized spacial score (nSPS) is 17.9. The first-order chi connectivity index (χ1) is 9.16. The molecule has 1 aromatic carbocycles. The molecule has 1 fully saturated rings. The first-order valence-electron chi connectivity index (χ1n) is 6.73. The maximum Gasteiger partial charge on any atom is 0.224 e. The molecule has 2 rings (SSSR count). The molecule has 0 radical (unpaired) electrons. The number of ether oxygens (including phenoxy) is 1. The number of rotatable bonds is 5. The maximum atomic E-state index is 11.8. The van der Waals surface area contributed by atoms with Crippen LogP contribution in [-0.2, 0) is 4.79 Å². The summed E-state index contributed by atoms with van der Waals surface area (Å²) in [6.45, 7) is 0. The van der Waals surface area contributed by atoms with E-state index in [0.29, 0.717) is 0 Å². The fourth-order valence-corrected chi connectivity index (χ4v) is 3.79. The Balaban J connectivity index is 2.00. The van der Waals surface area contributed by atoms with E-state index in [0.717, 1.165) is 42.1 Å². The van der Waals surface area contributed by atoms with Gasteiger partial charge in [-0.05, 0) is 37.1 Å². The van der Waals surface area contributed by atoms with E-state index in [1.54, 1.807) is 18.9 Å². The van der Waals surface area contributed by atoms with Crippen molar-refractivity contribution in [2.24, 2.45) is 11.1 Å². The van der Waals surface area contributed by atoms with Crippen LogP contribution in [0.3, 0.4) is 0 Å². The van der Waals surface area contributed by atoms with Gasteiger partial charge in [0.15, 0.2) is 0 Å². The van der Waals surface area contributed by atoms with Gasteiger partial charge in [-0.15, -0.1) is 11.8 Å². The Labute approximate surface area is 118 Å². The van der Waals surface area contributed by atoms with Crippen LogP contribution in [0.25, 0.3) is 0 Å². The van der Waals surface area contributed by atoms with E-state index in [4.69, 9.17) is 10.5 Å². The minimum absolute atomic E-state index is 0.131. The minimum Gasteiger partial charge on any atom is -0.497 e. The third kappa shape index (κ3) is 3.44. The van der Waals surface area contributed by atoms with Crippen LogP contribution in [0.15, 0.2) is 29.2 Å². The molecule has 1 saturated carbocycles. The number of benzene rings is 1. The highest BCUT2D eigenvalue weighted by Crippen LogP contribution is 2.40. The third-order valence-electron chi connectivity index (χ3n) is 3.91. The lowest BCUT2D eigenvalue weighted by molar-refractivity contribution is -0.128. The monoisotopic (exact) mass is 279 g/mol. The first kappa shape index (κ1) is 14.3. The molecule has 0 unspecified atom stereocenters. The van der Waals surface area contributed by atoms with Crippen LogP contribution >= 0.6 is 11.8 Å². The van der Waals surface area contributed by atoms with Crippen LogP contribution in [0.2, 0.25) is 0 Å². The molecule has 0 heterocycles. The van der Waals surface area contributed by atoms with Crippen LogP contribution < -0.4 is 10.5 Å². The van der Waals surface area contributed by atoms with E-state index in [1.807, 2.05) is 24.3 Å². The number of methoxy groups -OCH3 is 1. The zero-order valence-electron chi connectivity index (χ0n) is 11.4. The highest BCUT2D eigenvalue weighted by atomic mass is 32.2. The molecule has 0 saturated heterocycles. The van der Waals surface area contributed by atoms with Crippen LogP contribution in [0.1, 0.15) is 32.1 Å². The van der Waals surface area contributed by atoms with E-state index in [9.17, 15) is 4.79 Å². The van der Waals surface area contributed by atoms with Crippen LogP contribution in [-0.4, -0.2) is 18.8 Å². The van der Waals surface area contributed by atoms with Crippen molar-refractivity contribution in [3.05, 3.63) is 24.3 Å². The van der Waals surface area contributed by atoms with Gasteiger partial charge >= 0.3 is 0 Å². The lowest BCUT2D eigenvalue weighted by Crippen LogP contribution is -2.40. The van der Waals surface area contributed by atoms with E-state index in [1.165, 1.54) is 6.42 Å². The Hall–Kier alpha value is -1.16. The highest BCUT2D eigenvalue weighted by Gasteiger charge is 2.37. The molecule has 3 nitrogen and oxygen atoms in total. The molecule has 1 aliphatic rings. The van der Waals surface area contributed by atoms with E-state index in [-0.39, 0.29) is 11.3 Å². The quantitative estimate of drug-likeness (QED) is 0.842. The Morgan fingerprint density at radius 1 is 1.26 bits per heavy atom. The first-order valence-corrected chi connectivity index (χ1v) is 7.72. The predicted octanol–water partition coefficient (Wildman–Crippen LogP) is 3.22. The number of amides is 1. The van der Waals surface area contributed by atoms with Crippen LogP contribution in [0, 0.1) is 5.41 Å². The van der Waals surface area contributed by atoms with Gasteiger partial charge in [0.05, 0.1) is 12.5 Å². The molecule has 1 aliphatic carbocycles. The molecule has 4 heteroatoms. The van der Waals surface area contributed by atoms with Crippen LogP contribution in [0.4, 0.5) is 0 Å². The summed E-state index contributed by atoms with van der Waals surface area (Å²) in [6.07, 6.45) is 5.33. The molecule has 2 N–H and O–H groups in total. The van der Waals surface area contributed by atoms with Gasteiger partial charge in [-0.25, -0.2) is 0 Å². The Morgan fingerprint density at radius 2 is 1.89 bits per heavy atom. The van der Waals surface area contributed by atoms with Gasteiger partial charge in [0.25, 0.3) is 0 Å². The standard InChI is InChI=1S/C15H21NO2S/c1-18-12-5-7-13(8-6-12)19-11-15(14(16)17)9-3-2-4-10-15/h5-8H,2-4,9-11H2,1H3,(H2,16,17). The average molecular weight is 279 g/mol. The molecular weight excluding hydrogens is 258 g/mol. The van der Waals surface area contributed by atoms with E-state index < -0.39 is 0 Å². The predicted molar refractivity (Wildman–Crippen MR) is 78.4 cm³/mol. The molecular formula is C15H21NO2S. The molecule has 1 amide bonds. The molecule has 19 heavy (non-hydrogen) atoms. The fourth-order valence-electron chi connectivity index (χ4n) is 2.58. The van der Waals surface area contributed by atoms with Crippen molar-refractivity contribution in [1.82, 2.24) is 0 Å². The van der Waals surface area contributed by atoms with Crippen molar-refractivity contribution in [3.8, 4) is 5.75 Å². The van der Waals surface area contributed by atoms with Gasteiger partial charge in [0.1, 0.15) is 5.75 Å². The summed E-state index contributed by atoms with van der Waals surface area (Å²) in [6, 6.07) is 7.95.